The summed E-state index contributed by atoms with van der Waals surface area (Å²) < 4.78 is 42.4. The molecule has 0 saturated carbocycles. The van der Waals surface area contributed by atoms with Crippen LogP contribution in [-0.2, 0) is 26.0 Å². The molecule has 52 heavy (non-hydrogen) atoms. The summed E-state index contributed by atoms with van der Waals surface area (Å²) in [7, 11) is -4.12. The number of benzene rings is 4. The molecular weight excluding hydrogens is 681 g/mol. The van der Waals surface area contributed by atoms with Gasteiger partial charge in [-0.05, 0) is 98.5 Å². The number of alkyl carbamates (subject to hydrolysis) is 1. The van der Waals surface area contributed by atoms with E-state index in [4.69, 9.17) is 9.47 Å². The highest BCUT2D eigenvalue weighted by molar-refractivity contribution is 7.90. The summed E-state index contributed by atoms with van der Waals surface area (Å²) in [5, 5.41) is 15.4. The molecule has 0 saturated heterocycles. The minimum Gasteiger partial charge on any atom is -0.487 e. The number of fused-ring (bicyclic) bond motifs is 4. The van der Waals surface area contributed by atoms with Crippen LogP contribution in [0, 0.1) is 20.8 Å². The Hall–Kier alpha value is -5.36. The highest BCUT2D eigenvalue weighted by atomic mass is 32.2. The topological polar surface area (TPSA) is 155 Å². The maximum Gasteiger partial charge on any atom is 0.407 e. The highest BCUT2D eigenvalue weighted by Crippen LogP contribution is 2.45. The zero-order valence-corrected chi connectivity index (χ0v) is 30.8. The molecule has 2 aliphatic rings. The second-order valence-electron chi connectivity index (χ2n) is 13.9. The molecule has 11 nitrogen and oxygen atoms in total. The Morgan fingerprint density at radius 1 is 0.923 bits per heavy atom. The van der Waals surface area contributed by atoms with Crippen molar-refractivity contribution >= 4 is 33.7 Å². The van der Waals surface area contributed by atoms with Crippen molar-refractivity contribution in [1.29, 1.82) is 0 Å². The first kappa shape index (κ1) is 36.4. The van der Waals surface area contributed by atoms with E-state index in [1.807, 2.05) is 75.4 Å². The molecule has 0 spiro atoms. The van der Waals surface area contributed by atoms with E-state index in [1.54, 1.807) is 38.1 Å². The number of guanidine groups is 1. The van der Waals surface area contributed by atoms with Crippen LogP contribution in [0.3, 0.4) is 0 Å². The number of sulfonamides is 1. The smallest absolute Gasteiger partial charge is 0.407 e. The molecule has 1 aliphatic heterocycles. The van der Waals surface area contributed by atoms with Crippen molar-refractivity contribution in [3.63, 3.8) is 0 Å². The van der Waals surface area contributed by atoms with Gasteiger partial charge in [-0.15, -0.1) is 0 Å². The average Bonchev–Trinajstić information content (AvgIpc) is 3.61. The molecule has 1 atom stereocenters. The number of aliphatic carboxylic acids is 1. The summed E-state index contributed by atoms with van der Waals surface area (Å²) in [4.78, 5) is 29.6. The lowest BCUT2D eigenvalue weighted by Gasteiger charge is -2.20. The van der Waals surface area contributed by atoms with Crippen molar-refractivity contribution in [1.82, 2.24) is 10.0 Å². The minimum atomic E-state index is -4.12. The van der Waals surface area contributed by atoms with E-state index >= 15 is 0 Å². The Bertz CT molecular complexity index is 2100. The fourth-order valence-electron chi connectivity index (χ4n) is 7.11. The Kier molecular flexibility index (Phi) is 10.3. The minimum absolute atomic E-state index is 0.0175. The molecule has 272 valence electrons. The van der Waals surface area contributed by atoms with Gasteiger partial charge in [0.15, 0.2) is 0 Å². The van der Waals surface area contributed by atoms with Crippen LogP contribution in [0.4, 0.5) is 10.5 Å². The van der Waals surface area contributed by atoms with E-state index in [2.05, 4.69) is 20.3 Å². The number of rotatable bonds is 11. The van der Waals surface area contributed by atoms with E-state index < -0.39 is 33.7 Å². The molecule has 4 aromatic carbocycles. The van der Waals surface area contributed by atoms with Gasteiger partial charge in [-0.1, -0.05) is 66.7 Å². The molecule has 0 bridgehead atoms. The van der Waals surface area contributed by atoms with Crippen LogP contribution in [0.5, 0.6) is 5.75 Å². The monoisotopic (exact) mass is 724 g/mol. The van der Waals surface area contributed by atoms with Gasteiger partial charge in [0.1, 0.15) is 24.0 Å². The van der Waals surface area contributed by atoms with Gasteiger partial charge in [-0.3, -0.25) is 4.99 Å². The molecule has 12 heteroatoms. The largest absolute Gasteiger partial charge is 0.487 e. The van der Waals surface area contributed by atoms with Crippen molar-refractivity contribution in [2.75, 3.05) is 18.5 Å². The number of ether oxygens (including phenoxy) is 2. The second kappa shape index (κ2) is 14.7. The van der Waals surface area contributed by atoms with Crippen molar-refractivity contribution < 1.29 is 32.6 Å². The molecule has 4 aromatic rings. The van der Waals surface area contributed by atoms with E-state index in [-0.39, 0.29) is 42.8 Å². The number of hydrogen-bond acceptors (Lipinski definition) is 7. The maximum absolute atomic E-state index is 14.0. The molecule has 0 fully saturated rings. The van der Waals surface area contributed by atoms with Gasteiger partial charge in [-0.25, -0.2) is 22.7 Å². The number of para-hydroxylation sites is 1. The van der Waals surface area contributed by atoms with Crippen LogP contribution < -0.4 is 20.1 Å². The third-order valence-electron chi connectivity index (χ3n) is 9.68. The molecule has 1 heterocycles. The van der Waals surface area contributed by atoms with Crippen LogP contribution in [-0.4, -0.2) is 56.3 Å². The van der Waals surface area contributed by atoms with Crippen LogP contribution >= 0.6 is 0 Å². The van der Waals surface area contributed by atoms with E-state index in [0.717, 1.165) is 39.1 Å². The van der Waals surface area contributed by atoms with E-state index in [0.29, 0.717) is 23.2 Å². The standard InChI is InChI=1S/C40H44N4O7S/c1-24-25(2)36(26(3)32-22-40(4,5)51-35(24)32)52(48,49)44-38(42-27-14-7-6-8-15-27)41-21-13-20-34(37(45)46)43-39(47)50-23-33-30-18-11-9-16-28(30)29-17-10-12-19-31(29)33/h6-12,14-19,33-34H,13,20-23H2,1-5H3,(H,43,47)(H,45,46)(H2,41,42,44)/t34-/m0/s1. The molecule has 1 aliphatic carbocycles. The third-order valence-corrected chi connectivity index (χ3v) is 11.3. The summed E-state index contributed by atoms with van der Waals surface area (Å²) in [6.07, 6.45) is 0.00799. The van der Waals surface area contributed by atoms with Crippen molar-refractivity contribution in [3.8, 4) is 16.9 Å². The summed E-state index contributed by atoms with van der Waals surface area (Å²) in [5.41, 5.74) is 7.28. The SMILES string of the molecule is Cc1c(C)c(S(=O)(=O)NC(=NCCC[C@H](NC(=O)OCC2c3ccccc3-c3ccccc32)C(=O)O)Nc2ccccc2)c(C)c2c1OC(C)(C)C2. The summed E-state index contributed by atoms with van der Waals surface area (Å²) >= 11 is 0. The maximum atomic E-state index is 14.0. The van der Waals surface area contributed by atoms with Gasteiger partial charge in [0.05, 0.1) is 4.90 Å². The zero-order valence-electron chi connectivity index (χ0n) is 29.9. The van der Waals surface area contributed by atoms with E-state index in [9.17, 15) is 23.1 Å². The molecule has 1 amide bonds. The Morgan fingerprint density at radius 2 is 1.54 bits per heavy atom. The van der Waals surface area contributed by atoms with Crippen LogP contribution in [0.1, 0.15) is 66.0 Å². The number of carbonyl (C=O) groups excluding carboxylic acids is 1. The first-order valence-corrected chi connectivity index (χ1v) is 18.8. The molecule has 4 N–H and O–H groups in total. The van der Waals surface area contributed by atoms with Gasteiger partial charge in [-0.2, -0.15) is 0 Å². The van der Waals surface area contributed by atoms with E-state index in [1.165, 1.54) is 0 Å². The van der Waals surface area contributed by atoms with Gasteiger partial charge in [0.25, 0.3) is 10.0 Å². The van der Waals surface area contributed by atoms with Crippen LogP contribution in [0.15, 0.2) is 88.8 Å². The normalized spacial score (nSPS) is 15.1. The fraction of sp³-hybridized carbons (Fsp3) is 0.325. The molecule has 6 rings (SSSR count). The Morgan fingerprint density at radius 3 is 2.17 bits per heavy atom. The summed E-state index contributed by atoms with van der Waals surface area (Å²) in [6.45, 7) is 9.50. The number of carbonyl (C=O) groups is 2. The highest BCUT2D eigenvalue weighted by Gasteiger charge is 2.37. The number of hydrogen-bond donors (Lipinski definition) is 4. The van der Waals surface area contributed by atoms with Crippen molar-refractivity contribution in [3.05, 3.63) is 112 Å². The van der Waals surface area contributed by atoms with Crippen LogP contribution in [0.25, 0.3) is 11.1 Å². The number of carboxylic acid groups (broad SMARTS) is 1. The number of nitrogens with one attached hydrogen (secondary N) is 3. The lowest BCUT2D eigenvalue weighted by molar-refractivity contribution is -0.139. The van der Waals surface area contributed by atoms with Gasteiger partial charge < -0.3 is 25.2 Å². The first-order valence-electron chi connectivity index (χ1n) is 17.3. The number of carboxylic acids is 1. The average molecular weight is 725 g/mol. The fourth-order valence-corrected chi connectivity index (χ4v) is 8.66. The Balaban J connectivity index is 1.12. The number of anilines is 1. The summed E-state index contributed by atoms with van der Waals surface area (Å²) in [5.74, 6) is -0.666. The number of amides is 1. The quantitative estimate of drug-likeness (QED) is 0.0745. The number of nitrogens with zero attached hydrogens (tertiary/aromatic N) is 1. The number of aliphatic imine (C=N–C) groups is 1. The predicted octanol–water partition coefficient (Wildman–Crippen LogP) is 6.84. The molecule has 0 radical (unpaired) electrons. The predicted molar refractivity (Wildman–Crippen MR) is 201 cm³/mol. The molecule has 0 aromatic heterocycles. The molecular formula is C40H44N4O7S. The van der Waals surface area contributed by atoms with Gasteiger partial charge >= 0.3 is 12.1 Å². The lowest BCUT2D eigenvalue weighted by atomic mass is 9.94. The third kappa shape index (κ3) is 7.62. The van der Waals surface area contributed by atoms with Crippen molar-refractivity contribution in [2.24, 2.45) is 4.99 Å². The van der Waals surface area contributed by atoms with Gasteiger partial charge in [0.2, 0.25) is 5.96 Å². The summed E-state index contributed by atoms with van der Waals surface area (Å²) in [6, 6.07) is 23.7. The zero-order chi connectivity index (χ0) is 37.2. The Labute approximate surface area is 304 Å². The van der Waals surface area contributed by atoms with Gasteiger partial charge in [0, 0.05) is 30.1 Å². The lowest BCUT2D eigenvalue weighted by Crippen LogP contribution is -2.41. The second-order valence-corrected chi connectivity index (χ2v) is 15.5. The molecule has 0 unspecified atom stereocenters. The van der Waals surface area contributed by atoms with Crippen LogP contribution in [0.2, 0.25) is 0 Å². The first-order chi connectivity index (χ1) is 24.8. The van der Waals surface area contributed by atoms with Crippen molar-refractivity contribution in [2.45, 2.75) is 76.3 Å².